The first-order chi connectivity index (χ1) is 23.2. The van der Waals surface area contributed by atoms with E-state index < -0.39 is 59.6 Å². The number of fused-ring (bicyclic) bond motifs is 2. The summed E-state index contributed by atoms with van der Waals surface area (Å²) in [6.07, 6.45) is -1.30. The van der Waals surface area contributed by atoms with Gasteiger partial charge in [-0.25, -0.2) is 30.6 Å². The molecule has 0 saturated heterocycles. The second-order valence-electron chi connectivity index (χ2n) is 9.86. The molecule has 0 aliphatic rings. The minimum absolute atomic E-state index is 0.0138. The number of hydrogen-bond donors (Lipinski definition) is 6. The molecule has 1 unspecified atom stereocenters. The number of carboxylic acids is 1. The Balaban J connectivity index is 0.000000244. The molecule has 6 N–H and O–H groups in total. The molecule has 0 saturated carbocycles. The van der Waals surface area contributed by atoms with E-state index in [9.17, 15) is 44.8 Å². The number of carboxylic acid groups (broad SMARTS) is 1. The summed E-state index contributed by atoms with van der Waals surface area (Å²) in [4.78, 5) is 48.9. The third-order valence-electron chi connectivity index (χ3n) is 6.15. The highest BCUT2D eigenvalue weighted by molar-refractivity contribution is 7.92. The van der Waals surface area contributed by atoms with Gasteiger partial charge >= 0.3 is 21.2 Å². The van der Waals surface area contributed by atoms with Crippen LogP contribution in [0.3, 0.4) is 0 Å². The van der Waals surface area contributed by atoms with Crippen LogP contribution in [0.5, 0.6) is 5.75 Å². The van der Waals surface area contributed by atoms with Gasteiger partial charge in [0.1, 0.15) is 44.9 Å². The molecule has 0 aliphatic carbocycles. The number of carbonyl (C=O) groups is 2. The lowest BCUT2D eigenvalue weighted by Gasteiger charge is -2.14. The molecule has 0 radical (unpaired) electrons. The Morgan fingerprint density at radius 1 is 0.860 bits per heavy atom. The Morgan fingerprint density at radius 2 is 1.42 bits per heavy atom. The molecular weight excluding hydrogens is 784 g/mol. The summed E-state index contributed by atoms with van der Waals surface area (Å²) in [7, 11) is -17.2. The van der Waals surface area contributed by atoms with Crippen molar-refractivity contribution >= 4 is 90.3 Å². The summed E-state index contributed by atoms with van der Waals surface area (Å²) in [6, 6.07) is 15.9. The number of halogens is 1. The van der Waals surface area contributed by atoms with Crippen LogP contribution in [0.1, 0.15) is 26.3 Å². The molecule has 2 aromatic heterocycles. The second-order valence-corrected chi connectivity index (χ2v) is 19.4. The van der Waals surface area contributed by atoms with E-state index in [0.29, 0.717) is 32.0 Å². The van der Waals surface area contributed by atoms with Gasteiger partial charge < -0.3 is 24.3 Å². The maximum Gasteiger partial charge on any atom is 0.391 e. The Hall–Kier alpha value is -3.90. The van der Waals surface area contributed by atoms with E-state index >= 15 is 0 Å². The van der Waals surface area contributed by atoms with E-state index in [4.69, 9.17) is 24.7 Å². The zero-order valence-corrected chi connectivity index (χ0v) is 29.7. The van der Waals surface area contributed by atoms with E-state index in [-0.39, 0.29) is 25.3 Å². The summed E-state index contributed by atoms with van der Waals surface area (Å²) >= 11 is 1.80. The first-order valence-corrected chi connectivity index (χ1v) is 21.4. The van der Waals surface area contributed by atoms with Crippen LogP contribution in [0.4, 0.5) is 4.39 Å². The number of carbonyl (C=O) groups excluding carboxylic acids is 1. The number of nitriles is 1. The number of rotatable bonds is 12. The first kappa shape index (κ1) is 38.9. The molecule has 5 rings (SSSR count). The summed E-state index contributed by atoms with van der Waals surface area (Å²) in [5.41, 5.74) is 0.120. The van der Waals surface area contributed by atoms with Crippen molar-refractivity contribution in [2.24, 2.45) is 0 Å². The summed E-state index contributed by atoms with van der Waals surface area (Å²) < 4.78 is 94.7. The monoisotopic (exact) mass is 805 g/mol. The van der Waals surface area contributed by atoms with Crippen LogP contribution in [0.25, 0.3) is 20.2 Å². The minimum atomic E-state index is -4.54. The predicted molar refractivity (Wildman–Crippen MR) is 180 cm³/mol. The molecule has 5 aromatic rings. The van der Waals surface area contributed by atoms with Crippen LogP contribution in [0.15, 0.2) is 75.1 Å². The molecule has 23 heteroatoms. The summed E-state index contributed by atoms with van der Waals surface area (Å²) in [5, 5.41) is 18.7. The van der Waals surface area contributed by atoms with Crippen LogP contribution in [-0.2, 0) is 29.2 Å². The maximum absolute atomic E-state index is 13.6. The van der Waals surface area contributed by atoms with Gasteiger partial charge in [0.2, 0.25) is 0 Å². The Morgan fingerprint density at radius 3 is 1.94 bits per heavy atom. The summed E-state index contributed by atoms with van der Waals surface area (Å²) in [6.45, 7) is 0. The summed E-state index contributed by atoms with van der Waals surface area (Å²) in [5.74, 6) is -2.47. The van der Waals surface area contributed by atoms with Gasteiger partial charge in [-0.1, -0.05) is 6.07 Å². The van der Waals surface area contributed by atoms with Crippen molar-refractivity contribution < 1.29 is 64.3 Å². The highest BCUT2D eigenvalue weighted by atomic mass is 32.3. The van der Waals surface area contributed by atoms with Crippen LogP contribution < -0.4 is 14.0 Å². The van der Waals surface area contributed by atoms with E-state index in [1.807, 2.05) is 9.44 Å². The molecule has 50 heavy (non-hydrogen) atoms. The van der Waals surface area contributed by atoms with Gasteiger partial charge in [-0.3, -0.25) is 9.36 Å². The fraction of sp³-hybridized carbons (Fsp3) is 0.0741. The van der Waals surface area contributed by atoms with Gasteiger partial charge in [0.15, 0.2) is 0 Å². The van der Waals surface area contributed by atoms with Crippen molar-refractivity contribution in [3.8, 4) is 11.8 Å². The van der Waals surface area contributed by atoms with Crippen LogP contribution in [-0.4, -0.2) is 61.4 Å². The largest absolute Gasteiger partial charge is 0.478 e. The molecule has 3 aromatic carbocycles. The Kier molecular flexibility index (Phi) is 11.8. The molecule has 0 amide bonds. The average Bonchev–Trinajstić information content (AvgIpc) is 3.68. The number of hydrogen-bond acceptors (Lipinski definition) is 12. The fourth-order valence-electron chi connectivity index (χ4n) is 3.85. The molecule has 264 valence electrons. The maximum atomic E-state index is 13.6. The molecule has 0 spiro atoms. The topological polar surface area (TPSA) is 275 Å². The van der Waals surface area contributed by atoms with Gasteiger partial charge in [0, 0.05) is 21.0 Å². The third kappa shape index (κ3) is 10.1. The zero-order chi connectivity index (χ0) is 37.1. The van der Waals surface area contributed by atoms with Gasteiger partial charge in [-0.2, -0.15) is 14.7 Å². The zero-order valence-electron chi connectivity index (χ0n) is 24.7. The normalized spacial score (nSPS) is 13.2. The van der Waals surface area contributed by atoms with E-state index in [2.05, 4.69) is 0 Å². The number of sulfonamides is 2. The number of thiophene rings is 2. The predicted octanol–water partition coefficient (Wildman–Crippen LogP) is 4.24. The molecule has 0 fully saturated rings. The van der Waals surface area contributed by atoms with Crippen molar-refractivity contribution in [3.05, 3.63) is 89.2 Å². The average molecular weight is 806 g/mol. The molecule has 1 atom stereocenters. The highest BCUT2D eigenvalue weighted by Crippen LogP contribution is 2.42. The number of aldehydes is 1. The molecule has 2 heterocycles. The second kappa shape index (κ2) is 15.1. The standard InChI is InChI=1S/C17H12FN2O7PS2.C10H10NO6PS2/c18-14-7-13(3-1-11(14)8-19)27-28(23,24)9-20-30(25,26)16-6-12-5-10(17(21)22)2-4-15(12)29-16;12-5-7-1-2-9-8(3-7)4-10(19-9)20(16,17)11-6-18(13,14)15/h1-7,20H,9H2,(H,21,22)(H,23,24);1-5,11H,6H2,(H2,13,14,15). The van der Waals surface area contributed by atoms with Crippen molar-refractivity contribution in [1.82, 2.24) is 9.44 Å². The Labute approximate surface area is 290 Å². The van der Waals surface area contributed by atoms with E-state index in [1.54, 1.807) is 24.3 Å². The van der Waals surface area contributed by atoms with Crippen LogP contribution in [0.2, 0.25) is 0 Å². The quantitative estimate of drug-likeness (QED) is 0.0761. The molecule has 0 aliphatic heterocycles. The minimum Gasteiger partial charge on any atom is -0.478 e. The van der Waals surface area contributed by atoms with E-state index in [0.717, 1.165) is 40.9 Å². The highest BCUT2D eigenvalue weighted by Gasteiger charge is 2.27. The molecule has 16 nitrogen and oxygen atoms in total. The lowest BCUT2D eigenvalue weighted by Crippen LogP contribution is -2.25. The van der Waals surface area contributed by atoms with Crippen LogP contribution >= 0.6 is 37.9 Å². The number of aromatic carboxylic acids is 1. The Bertz CT molecular complexity index is 2490. The molecule has 0 bridgehead atoms. The van der Waals surface area contributed by atoms with Crippen molar-refractivity contribution in [1.29, 1.82) is 5.26 Å². The first-order valence-electron chi connectivity index (χ1n) is 13.2. The lowest BCUT2D eigenvalue weighted by atomic mass is 10.2. The van der Waals surface area contributed by atoms with Crippen molar-refractivity contribution in [2.45, 2.75) is 8.42 Å². The SMILES string of the molecule is N#Cc1ccc(OP(=O)(O)CNS(=O)(=O)c2cc3cc(C(=O)O)ccc3s2)cc1F.O=Cc1ccc2sc(S(=O)(=O)NCP(=O)(O)O)cc2c1. The van der Waals surface area contributed by atoms with E-state index in [1.165, 1.54) is 30.3 Å². The van der Waals surface area contributed by atoms with Crippen LogP contribution in [0, 0.1) is 17.1 Å². The number of nitrogens with zero attached hydrogens (tertiary/aromatic N) is 1. The van der Waals surface area contributed by atoms with Crippen molar-refractivity contribution in [2.75, 3.05) is 12.6 Å². The smallest absolute Gasteiger partial charge is 0.391 e. The third-order valence-corrected chi connectivity index (χ3v) is 14.2. The lowest BCUT2D eigenvalue weighted by molar-refractivity contribution is 0.0696. The van der Waals surface area contributed by atoms with Gasteiger partial charge in [0.25, 0.3) is 20.0 Å². The fourth-order valence-corrected chi connectivity index (χ4v) is 11.2. The van der Waals surface area contributed by atoms with Gasteiger partial charge in [-0.15, -0.1) is 22.7 Å². The number of benzene rings is 3. The van der Waals surface area contributed by atoms with Gasteiger partial charge in [-0.05, 0) is 65.4 Å². The molecular formula is C27H22FN3O13P2S4. The van der Waals surface area contributed by atoms with Gasteiger partial charge in [0.05, 0.1) is 11.1 Å². The van der Waals surface area contributed by atoms with Crippen molar-refractivity contribution in [3.63, 3.8) is 0 Å². The number of nitrogens with one attached hydrogen (secondary N) is 2.